The van der Waals surface area contributed by atoms with Gasteiger partial charge in [-0.05, 0) is 30.5 Å². The fraction of sp³-hybridized carbons (Fsp3) is 0.588. The van der Waals surface area contributed by atoms with Crippen LogP contribution in [-0.2, 0) is 21.2 Å². The number of amides is 1. The summed E-state index contributed by atoms with van der Waals surface area (Å²) in [6, 6.07) is 7.33. The van der Waals surface area contributed by atoms with E-state index >= 15 is 0 Å². The molecule has 0 N–H and O–H groups in total. The summed E-state index contributed by atoms with van der Waals surface area (Å²) in [5.74, 6) is -0.0245. The van der Waals surface area contributed by atoms with Crippen LogP contribution >= 0.6 is 11.6 Å². The van der Waals surface area contributed by atoms with E-state index in [-0.39, 0.29) is 18.9 Å². The van der Waals surface area contributed by atoms with E-state index in [1.807, 2.05) is 12.1 Å². The van der Waals surface area contributed by atoms with E-state index in [1.165, 1.54) is 10.6 Å². The molecule has 24 heavy (non-hydrogen) atoms. The Morgan fingerprint density at radius 1 is 1.12 bits per heavy atom. The molecular weight excluding hydrogens is 348 g/mol. The second-order valence-corrected chi connectivity index (χ2v) is 8.38. The third-order valence-electron chi connectivity index (χ3n) is 3.88. The fourth-order valence-electron chi connectivity index (χ4n) is 2.28. The molecule has 0 unspecified atom stereocenters. The SMILES string of the molecule is CCCCN(C)C(=O)CCN(CCc1ccc(Cl)cc1)S(C)(=O)=O. The maximum atomic E-state index is 12.1. The number of benzene rings is 1. The lowest BCUT2D eigenvalue weighted by Crippen LogP contribution is -2.36. The minimum Gasteiger partial charge on any atom is -0.346 e. The van der Waals surface area contributed by atoms with Crippen LogP contribution in [0, 0.1) is 0 Å². The lowest BCUT2D eigenvalue weighted by molar-refractivity contribution is -0.130. The summed E-state index contributed by atoms with van der Waals surface area (Å²) in [7, 11) is -1.58. The zero-order valence-electron chi connectivity index (χ0n) is 14.7. The zero-order valence-corrected chi connectivity index (χ0v) is 16.2. The van der Waals surface area contributed by atoms with Gasteiger partial charge in [-0.1, -0.05) is 37.1 Å². The Bertz CT molecular complexity index is 617. The number of sulfonamides is 1. The van der Waals surface area contributed by atoms with Gasteiger partial charge in [0, 0.05) is 38.1 Å². The maximum absolute atomic E-state index is 12.1. The van der Waals surface area contributed by atoms with E-state index in [0.717, 1.165) is 18.4 Å². The van der Waals surface area contributed by atoms with Crippen LogP contribution in [0.1, 0.15) is 31.7 Å². The summed E-state index contributed by atoms with van der Waals surface area (Å²) in [5.41, 5.74) is 1.01. The number of unbranched alkanes of at least 4 members (excludes halogenated alkanes) is 1. The fourth-order valence-corrected chi connectivity index (χ4v) is 3.25. The Labute approximate surface area is 150 Å². The summed E-state index contributed by atoms with van der Waals surface area (Å²) in [6.07, 6.45) is 3.95. The van der Waals surface area contributed by atoms with E-state index in [0.29, 0.717) is 24.5 Å². The van der Waals surface area contributed by atoms with Crippen LogP contribution in [-0.4, -0.2) is 56.5 Å². The summed E-state index contributed by atoms with van der Waals surface area (Å²) in [6.45, 7) is 3.34. The molecule has 0 aromatic heterocycles. The Morgan fingerprint density at radius 2 is 1.75 bits per heavy atom. The molecule has 136 valence electrons. The Morgan fingerprint density at radius 3 is 2.29 bits per heavy atom. The van der Waals surface area contributed by atoms with Crippen LogP contribution in [0.25, 0.3) is 0 Å². The van der Waals surface area contributed by atoms with Crippen LogP contribution in [0.2, 0.25) is 5.02 Å². The van der Waals surface area contributed by atoms with E-state index < -0.39 is 10.0 Å². The van der Waals surface area contributed by atoms with E-state index in [1.54, 1.807) is 24.1 Å². The van der Waals surface area contributed by atoms with Gasteiger partial charge in [-0.25, -0.2) is 12.7 Å². The number of hydrogen-bond acceptors (Lipinski definition) is 3. The number of hydrogen-bond donors (Lipinski definition) is 0. The second kappa shape index (κ2) is 10.0. The van der Waals surface area contributed by atoms with Crippen LogP contribution < -0.4 is 0 Å². The van der Waals surface area contributed by atoms with Crippen LogP contribution in [0.3, 0.4) is 0 Å². The Hall–Kier alpha value is -1.11. The van der Waals surface area contributed by atoms with Gasteiger partial charge in [-0.15, -0.1) is 0 Å². The molecule has 0 atom stereocenters. The zero-order chi connectivity index (χ0) is 18.2. The standard InChI is InChI=1S/C17H27ClN2O3S/c1-4-5-12-19(2)17(21)11-14-20(24(3,22)23)13-10-15-6-8-16(18)9-7-15/h6-9H,4-5,10-14H2,1-3H3. The van der Waals surface area contributed by atoms with Crippen molar-refractivity contribution < 1.29 is 13.2 Å². The molecular formula is C17H27ClN2O3S. The molecule has 7 heteroatoms. The number of rotatable bonds is 10. The molecule has 0 aliphatic heterocycles. The molecule has 1 aromatic rings. The molecule has 0 aliphatic rings. The van der Waals surface area contributed by atoms with Gasteiger partial charge in [0.25, 0.3) is 0 Å². The quantitative estimate of drug-likeness (QED) is 0.632. The first-order chi connectivity index (χ1) is 11.2. The summed E-state index contributed by atoms with van der Waals surface area (Å²) in [4.78, 5) is 13.8. The lowest BCUT2D eigenvalue weighted by Gasteiger charge is -2.22. The first-order valence-corrected chi connectivity index (χ1v) is 10.4. The van der Waals surface area contributed by atoms with E-state index in [2.05, 4.69) is 6.92 Å². The average Bonchev–Trinajstić information content (AvgIpc) is 2.52. The highest BCUT2D eigenvalue weighted by atomic mass is 35.5. The predicted octanol–water partition coefficient (Wildman–Crippen LogP) is 2.79. The van der Waals surface area contributed by atoms with Crippen molar-refractivity contribution in [2.75, 3.05) is 32.9 Å². The molecule has 1 amide bonds. The van der Waals surface area contributed by atoms with Crippen molar-refractivity contribution in [3.63, 3.8) is 0 Å². The molecule has 0 fully saturated rings. The Kier molecular flexibility index (Phi) is 8.73. The summed E-state index contributed by atoms with van der Waals surface area (Å²) >= 11 is 5.85. The lowest BCUT2D eigenvalue weighted by atomic mass is 10.1. The minimum atomic E-state index is -3.35. The highest BCUT2D eigenvalue weighted by Crippen LogP contribution is 2.11. The van der Waals surface area contributed by atoms with E-state index in [4.69, 9.17) is 11.6 Å². The Balaban J connectivity index is 2.57. The third kappa shape index (κ3) is 7.64. The first kappa shape index (κ1) is 20.9. The molecule has 0 spiro atoms. The van der Waals surface area contributed by atoms with Gasteiger partial charge in [0.1, 0.15) is 0 Å². The molecule has 1 aromatic carbocycles. The molecule has 0 heterocycles. The van der Waals surface area contributed by atoms with Gasteiger partial charge in [0.05, 0.1) is 6.26 Å². The topological polar surface area (TPSA) is 57.7 Å². The number of carbonyl (C=O) groups is 1. The van der Waals surface area contributed by atoms with Gasteiger partial charge in [-0.3, -0.25) is 4.79 Å². The molecule has 1 rings (SSSR count). The van der Waals surface area contributed by atoms with Crippen LogP contribution in [0.4, 0.5) is 0 Å². The average molecular weight is 375 g/mol. The molecule has 0 bridgehead atoms. The molecule has 0 saturated heterocycles. The highest BCUT2D eigenvalue weighted by Gasteiger charge is 2.19. The number of nitrogens with zero attached hydrogens (tertiary/aromatic N) is 2. The third-order valence-corrected chi connectivity index (χ3v) is 5.44. The highest BCUT2D eigenvalue weighted by molar-refractivity contribution is 7.88. The van der Waals surface area contributed by atoms with Gasteiger partial charge < -0.3 is 4.90 Å². The maximum Gasteiger partial charge on any atom is 0.223 e. The smallest absolute Gasteiger partial charge is 0.223 e. The minimum absolute atomic E-state index is 0.0245. The van der Waals surface area contributed by atoms with Crippen molar-refractivity contribution in [2.45, 2.75) is 32.6 Å². The van der Waals surface area contributed by atoms with Crippen molar-refractivity contribution in [2.24, 2.45) is 0 Å². The van der Waals surface area contributed by atoms with Gasteiger partial charge >= 0.3 is 0 Å². The monoisotopic (exact) mass is 374 g/mol. The van der Waals surface area contributed by atoms with Crippen molar-refractivity contribution in [3.05, 3.63) is 34.9 Å². The van der Waals surface area contributed by atoms with Crippen molar-refractivity contribution in [3.8, 4) is 0 Å². The molecule has 0 saturated carbocycles. The van der Waals surface area contributed by atoms with Crippen molar-refractivity contribution in [1.82, 2.24) is 9.21 Å². The molecule has 5 nitrogen and oxygen atoms in total. The van der Waals surface area contributed by atoms with E-state index in [9.17, 15) is 13.2 Å². The van der Waals surface area contributed by atoms with Crippen molar-refractivity contribution in [1.29, 1.82) is 0 Å². The number of halogens is 1. The van der Waals surface area contributed by atoms with Gasteiger partial charge in [0.2, 0.25) is 15.9 Å². The predicted molar refractivity (Wildman–Crippen MR) is 98.7 cm³/mol. The molecule has 0 aliphatic carbocycles. The van der Waals surface area contributed by atoms with Crippen LogP contribution in [0.5, 0.6) is 0 Å². The van der Waals surface area contributed by atoms with Crippen molar-refractivity contribution >= 4 is 27.5 Å². The summed E-state index contributed by atoms with van der Waals surface area (Å²) in [5, 5.41) is 0.652. The number of carbonyl (C=O) groups excluding carboxylic acids is 1. The summed E-state index contributed by atoms with van der Waals surface area (Å²) < 4.78 is 25.3. The largest absolute Gasteiger partial charge is 0.346 e. The van der Waals surface area contributed by atoms with Gasteiger partial charge in [0.15, 0.2) is 0 Å². The molecule has 0 radical (unpaired) electrons. The van der Waals surface area contributed by atoms with Gasteiger partial charge in [-0.2, -0.15) is 0 Å². The first-order valence-electron chi connectivity index (χ1n) is 8.17. The normalized spacial score (nSPS) is 11.7. The van der Waals surface area contributed by atoms with Crippen LogP contribution in [0.15, 0.2) is 24.3 Å². The second-order valence-electron chi connectivity index (χ2n) is 5.96.